The number of amides is 1. The van der Waals surface area contributed by atoms with E-state index in [1.807, 2.05) is 44.2 Å². The summed E-state index contributed by atoms with van der Waals surface area (Å²) in [6, 6.07) is 21.7. The summed E-state index contributed by atoms with van der Waals surface area (Å²) >= 11 is 1.38. The van der Waals surface area contributed by atoms with Crippen molar-refractivity contribution in [2.24, 2.45) is 0 Å². The number of furan rings is 1. The van der Waals surface area contributed by atoms with Crippen LogP contribution in [0, 0.1) is 24.0 Å². The minimum absolute atomic E-state index is 0.0890. The second kappa shape index (κ2) is 11.3. The number of nitro groups is 1. The number of rotatable bonds is 9. The van der Waals surface area contributed by atoms with Crippen LogP contribution in [0.3, 0.4) is 0 Å². The number of nitro benzene ring substituents is 1. The predicted octanol–water partition coefficient (Wildman–Crippen LogP) is 7.91. The van der Waals surface area contributed by atoms with Gasteiger partial charge in [0.05, 0.1) is 4.92 Å². The van der Waals surface area contributed by atoms with Crippen LogP contribution in [0.4, 0.5) is 11.4 Å². The van der Waals surface area contributed by atoms with Crippen LogP contribution in [0.1, 0.15) is 52.8 Å². The molecule has 4 aromatic rings. The van der Waals surface area contributed by atoms with Crippen molar-refractivity contribution in [3.05, 3.63) is 111 Å². The molecule has 3 aromatic carbocycles. The van der Waals surface area contributed by atoms with E-state index in [9.17, 15) is 14.9 Å². The molecule has 1 N–H and O–H groups in total. The number of aryl methyl sites for hydroxylation is 2. The van der Waals surface area contributed by atoms with Crippen LogP contribution >= 0.6 is 11.8 Å². The van der Waals surface area contributed by atoms with Gasteiger partial charge in [-0.05, 0) is 67.3 Å². The molecule has 1 aromatic heterocycles. The maximum absolute atomic E-state index is 12.9. The van der Waals surface area contributed by atoms with Gasteiger partial charge < -0.3 is 14.5 Å². The summed E-state index contributed by atoms with van der Waals surface area (Å²) in [6.45, 7) is 8.37. The van der Waals surface area contributed by atoms with Crippen molar-refractivity contribution in [3.8, 4) is 5.75 Å². The number of nitrogens with one attached hydrogen (secondary N) is 1. The first-order valence-corrected chi connectivity index (χ1v) is 12.7. The van der Waals surface area contributed by atoms with Crippen molar-refractivity contribution in [1.29, 1.82) is 0 Å². The standard InChI is InChI=1S/C29H28N2O5S/c1-18(2)26-11-7-20(4)13-28(26)35-17-23-8-12-27(36-23)29(32)30-21-14-22(31(33)34)16-25(15-21)37-24-9-5-19(3)6-10-24/h5-16,18H,17H2,1-4H3,(H,30,32). The number of nitrogens with zero attached hydrogens (tertiary/aromatic N) is 1. The average Bonchev–Trinajstić information content (AvgIpc) is 3.33. The third-order valence-electron chi connectivity index (χ3n) is 5.66. The molecule has 190 valence electrons. The van der Waals surface area contributed by atoms with Gasteiger partial charge in [0.2, 0.25) is 0 Å². The number of anilines is 1. The Morgan fingerprint density at radius 2 is 1.70 bits per heavy atom. The fourth-order valence-corrected chi connectivity index (χ4v) is 4.63. The van der Waals surface area contributed by atoms with Crippen LogP contribution in [-0.4, -0.2) is 10.8 Å². The van der Waals surface area contributed by atoms with Crippen molar-refractivity contribution in [1.82, 2.24) is 0 Å². The zero-order chi connectivity index (χ0) is 26.5. The molecular weight excluding hydrogens is 488 g/mol. The second-order valence-electron chi connectivity index (χ2n) is 9.09. The van der Waals surface area contributed by atoms with Gasteiger partial charge in [0.15, 0.2) is 5.76 Å². The SMILES string of the molecule is Cc1ccc(Sc2cc(NC(=O)c3ccc(COc4cc(C)ccc4C(C)C)o3)cc([N+](=O)[O-])c2)cc1. The highest BCUT2D eigenvalue weighted by atomic mass is 32.2. The number of ether oxygens (including phenoxy) is 1. The van der Waals surface area contributed by atoms with Crippen LogP contribution in [0.2, 0.25) is 0 Å². The molecule has 0 aliphatic carbocycles. The predicted molar refractivity (Wildman–Crippen MR) is 145 cm³/mol. The Kier molecular flexibility index (Phi) is 7.98. The maximum atomic E-state index is 12.9. The first-order chi connectivity index (χ1) is 17.7. The largest absolute Gasteiger partial charge is 0.485 e. The fourth-order valence-electron chi connectivity index (χ4n) is 3.72. The molecule has 0 unspecified atom stereocenters. The van der Waals surface area contributed by atoms with Gasteiger partial charge in [-0.1, -0.05) is 55.4 Å². The quantitative estimate of drug-likeness (QED) is 0.179. The molecule has 0 saturated heterocycles. The number of benzene rings is 3. The number of hydrogen-bond donors (Lipinski definition) is 1. The number of carbonyl (C=O) groups is 1. The monoisotopic (exact) mass is 516 g/mol. The van der Waals surface area contributed by atoms with E-state index in [2.05, 4.69) is 31.3 Å². The van der Waals surface area contributed by atoms with Gasteiger partial charge in [-0.25, -0.2) is 0 Å². The van der Waals surface area contributed by atoms with Crippen molar-refractivity contribution in [2.75, 3.05) is 5.32 Å². The van der Waals surface area contributed by atoms with E-state index in [0.29, 0.717) is 22.3 Å². The highest BCUT2D eigenvalue weighted by Crippen LogP contribution is 2.33. The van der Waals surface area contributed by atoms with Gasteiger partial charge in [-0.2, -0.15) is 0 Å². The van der Waals surface area contributed by atoms with Crippen molar-refractivity contribution < 1.29 is 18.9 Å². The topological polar surface area (TPSA) is 94.6 Å². The summed E-state index contributed by atoms with van der Waals surface area (Å²) in [4.78, 5) is 25.4. The van der Waals surface area contributed by atoms with Crippen LogP contribution in [0.5, 0.6) is 5.75 Å². The normalized spacial score (nSPS) is 10.9. The third kappa shape index (κ3) is 6.80. The Hall–Kier alpha value is -4.04. The number of non-ortho nitro benzene ring substituents is 1. The molecule has 4 rings (SSSR count). The molecule has 37 heavy (non-hydrogen) atoms. The van der Waals surface area contributed by atoms with Gasteiger partial charge >= 0.3 is 0 Å². The summed E-state index contributed by atoms with van der Waals surface area (Å²) < 4.78 is 11.7. The molecule has 1 heterocycles. The Bertz CT molecular complexity index is 1430. The summed E-state index contributed by atoms with van der Waals surface area (Å²) in [5.74, 6) is 1.17. The third-order valence-corrected chi connectivity index (χ3v) is 6.64. The summed E-state index contributed by atoms with van der Waals surface area (Å²) in [5.41, 5.74) is 3.51. The first-order valence-electron chi connectivity index (χ1n) is 11.9. The fraction of sp³-hybridized carbons (Fsp3) is 0.207. The molecule has 0 spiro atoms. The van der Waals surface area contributed by atoms with E-state index in [-0.39, 0.29) is 18.1 Å². The lowest BCUT2D eigenvalue weighted by Gasteiger charge is -2.14. The van der Waals surface area contributed by atoms with Crippen LogP contribution in [0.25, 0.3) is 0 Å². The molecule has 7 nitrogen and oxygen atoms in total. The van der Waals surface area contributed by atoms with E-state index in [1.54, 1.807) is 18.2 Å². The van der Waals surface area contributed by atoms with Gasteiger partial charge in [0.25, 0.3) is 11.6 Å². The molecule has 0 radical (unpaired) electrons. The van der Waals surface area contributed by atoms with Gasteiger partial charge in [-0.3, -0.25) is 14.9 Å². The van der Waals surface area contributed by atoms with Crippen molar-refractivity contribution in [3.63, 3.8) is 0 Å². The number of hydrogen-bond acceptors (Lipinski definition) is 6. The van der Waals surface area contributed by atoms with Gasteiger partial charge in [0.1, 0.15) is 18.1 Å². The summed E-state index contributed by atoms with van der Waals surface area (Å²) in [6.07, 6.45) is 0. The smallest absolute Gasteiger partial charge is 0.291 e. The minimum Gasteiger partial charge on any atom is -0.485 e. The lowest BCUT2D eigenvalue weighted by molar-refractivity contribution is -0.385. The lowest BCUT2D eigenvalue weighted by atomic mass is 10.0. The second-order valence-corrected chi connectivity index (χ2v) is 10.2. The first kappa shape index (κ1) is 26.0. The highest BCUT2D eigenvalue weighted by molar-refractivity contribution is 7.99. The van der Waals surface area contributed by atoms with E-state index < -0.39 is 10.8 Å². The molecule has 0 bridgehead atoms. The molecule has 0 saturated carbocycles. The number of carbonyl (C=O) groups excluding carboxylic acids is 1. The summed E-state index contributed by atoms with van der Waals surface area (Å²) in [5, 5.41) is 14.2. The molecule has 1 amide bonds. The highest BCUT2D eigenvalue weighted by Gasteiger charge is 2.17. The van der Waals surface area contributed by atoms with E-state index in [0.717, 1.165) is 27.3 Å². The molecule has 8 heteroatoms. The molecular formula is C29H28N2O5S. The van der Waals surface area contributed by atoms with Crippen LogP contribution in [-0.2, 0) is 6.61 Å². The van der Waals surface area contributed by atoms with Crippen molar-refractivity contribution in [2.45, 2.75) is 50.0 Å². The molecule has 0 atom stereocenters. The maximum Gasteiger partial charge on any atom is 0.291 e. The van der Waals surface area contributed by atoms with Crippen LogP contribution < -0.4 is 10.1 Å². The van der Waals surface area contributed by atoms with E-state index in [1.165, 1.54) is 23.9 Å². The van der Waals surface area contributed by atoms with Crippen molar-refractivity contribution >= 4 is 29.0 Å². The molecule has 0 aliphatic heterocycles. The van der Waals surface area contributed by atoms with E-state index in [4.69, 9.17) is 9.15 Å². The Balaban J connectivity index is 1.47. The van der Waals surface area contributed by atoms with Gasteiger partial charge in [0, 0.05) is 27.6 Å². The lowest BCUT2D eigenvalue weighted by Crippen LogP contribution is -2.11. The Morgan fingerprint density at radius 1 is 0.973 bits per heavy atom. The molecule has 0 fully saturated rings. The molecule has 0 aliphatic rings. The van der Waals surface area contributed by atoms with Gasteiger partial charge in [-0.15, -0.1) is 0 Å². The van der Waals surface area contributed by atoms with E-state index >= 15 is 0 Å². The Morgan fingerprint density at radius 3 is 2.41 bits per heavy atom. The Labute approximate surface area is 220 Å². The zero-order valence-corrected chi connectivity index (χ0v) is 21.9. The zero-order valence-electron chi connectivity index (χ0n) is 21.1. The minimum atomic E-state index is -0.503. The average molecular weight is 517 g/mol. The summed E-state index contributed by atoms with van der Waals surface area (Å²) in [7, 11) is 0. The van der Waals surface area contributed by atoms with Crippen LogP contribution in [0.15, 0.2) is 87.0 Å².